The summed E-state index contributed by atoms with van der Waals surface area (Å²) >= 11 is 5.89. The first-order chi connectivity index (χ1) is 13.6. The van der Waals surface area contributed by atoms with Gasteiger partial charge in [-0.2, -0.15) is 0 Å². The summed E-state index contributed by atoms with van der Waals surface area (Å²) in [7, 11) is 4.15. The van der Waals surface area contributed by atoms with E-state index in [-0.39, 0.29) is 0 Å². The minimum absolute atomic E-state index is 0.304. The molecule has 0 radical (unpaired) electrons. The lowest BCUT2D eigenvalue weighted by atomic mass is 9.97. The standard InChI is InChI=1S/C23H37N3OS/c1-25(2)21-14-12-19(13-15-21)17-26(18-22-11-8-16-27-22)23(28)24-20-9-6-4-3-5-7-10-20/h12-15,20,22H,3-11,16-18H2,1-2H3,(H,24,28). The fourth-order valence-electron chi connectivity index (χ4n) is 4.24. The Hall–Kier alpha value is -1.33. The van der Waals surface area contributed by atoms with Gasteiger partial charge in [-0.25, -0.2) is 0 Å². The van der Waals surface area contributed by atoms with E-state index in [1.807, 2.05) is 0 Å². The van der Waals surface area contributed by atoms with Gasteiger partial charge in [-0.3, -0.25) is 0 Å². The van der Waals surface area contributed by atoms with Crippen LogP contribution in [0.3, 0.4) is 0 Å². The Labute approximate surface area is 176 Å². The molecule has 2 aliphatic rings. The molecule has 28 heavy (non-hydrogen) atoms. The van der Waals surface area contributed by atoms with Crippen molar-refractivity contribution < 1.29 is 4.74 Å². The summed E-state index contributed by atoms with van der Waals surface area (Å²) in [6, 6.07) is 9.33. The highest BCUT2D eigenvalue weighted by Gasteiger charge is 2.22. The van der Waals surface area contributed by atoms with Gasteiger partial charge >= 0.3 is 0 Å². The van der Waals surface area contributed by atoms with Gasteiger partial charge < -0.3 is 19.9 Å². The molecule has 2 fully saturated rings. The summed E-state index contributed by atoms with van der Waals surface area (Å²) in [4.78, 5) is 4.46. The predicted molar refractivity (Wildman–Crippen MR) is 122 cm³/mol. The summed E-state index contributed by atoms with van der Waals surface area (Å²) in [5.41, 5.74) is 2.52. The number of rotatable bonds is 6. The molecule has 1 saturated heterocycles. The lowest BCUT2D eigenvalue weighted by Gasteiger charge is -2.31. The van der Waals surface area contributed by atoms with Crippen LogP contribution in [0, 0.1) is 0 Å². The lowest BCUT2D eigenvalue weighted by Crippen LogP contribution is -2.47. The number of benzene rings is 1. The van der Waals surface area contributed by atoms with Crippen LogP contribution in [-0.2, 0) is 11.3 Å². The molecule has 1 unspecified atom stereocenters. The maximum atomic E-state index is 5.91. The van der Waals surface area contributed by atoms with Crippen LogP contribution in [0.1, 0.15) is 63.4 Å². The minimum Gasteiger partial charge on any atom is -0.378 e. The minimum atomic E-state index is 0.304. The number of anilines is 1. The molecule has 5 heteroatoms. The number of ether oxygens (including phenoxy) is 1. The zero-order valence-corrected chi connectivity index (χ0v) is 18.5. The van der Waals surface area contributed by atoms with Gasteiger partial charge in [0.25, 0.3) is 0 Å². The van der Waals surface area contributed by atoms with E-state index < -0.39 is 0 Å². The van der Waals surface area contributed by atoms with Crippen LogP contribution in [-0.4, -0.2) is 49.4 Å². The van der Waals surface area contributed by atoms with Crippen molar-refractivity contribution in [2.75, 3.05) is 32.1 Å². The van der Waals surface area contributed by atoms with Gasteiger partial charge in [0.15, 0.2) is 5.11 Å². The van der Waals surface area contributed by atoms with Crippen molar-refractivity contribution in [3.05, 3.63) is 29.8 Å². The molecule has 1 aromatic rings. The van der Waals surface area contributed by atoms with Crippen molar-refractivity contribution in [3.63, 3.8) is 0 Å². The normalized spacial score (nSPS) is 21.0. The van der Waals surface area contributed by atoms with Crippen LogP contribution in [0.25, 0.3) is 0 Å². The monoisotopic (exact) mass is 403 g/mol. The van der Waals surface area contributed by atoms with Gasteiger partial charge in [0.2, 0.25) is 0 Å². The van der Waals surface area contributed by atoms with Crippen LogP contribution < -0.4 is 10.2 Å². The molecule has 0 bridgehead atoms. The second-order valence-corrected chi connectivity index (χ2v) is 8.95. The molecule has 1 saturated carbocycles. The number of nitrogens with one attached hydrogen (secondary N) is 1. The molecule has 1 atom stereocenters. The van der Waals surface area contributed by atoms with Crippen LogP contribution in [0.2, 0.25) is 0 Å². The Morgan fingerprint density at radius 1 is 1.00 bits per heavy atom. The van der Waals surface area contributed by atoms with E-state index in [1.165, 1.54) is 62.6 Å². The Morgan fingerprint density at radius 3 is 2.29 bits per heavy atom. The van der Waals surface area contributed by atoms with Crippen LogP contribution >= 0.6 is 12.2 Å². The first-order valence-electron chi connectivity index (χ1n) is 11.0. The Balaban J connectivity index is 1.63. The molecular weight excluding hydrogens is 366 g/mol. The van der Waals surface area contributed by atoms with Crippen LogP contribution in [0.15, 0.2) is 24.3 Å². The zero-order valence-electron chi connectivity index (χ0n) is 17.7. The smallest absolute Gasteiger partial charge is 0.169 e. The van der Waals surface area contributed by atoms with Gasteiger partial charge in [-0.05, 0) is 55.6 Å². The third-order valence-electron chi connectivity index (χ3n) is 5.99. The van der Waals surface area contributed by atoms with E-state index in [4.69, 9.17) is 17.0 Å². The number of hydrogen-bond acceptors (Lipinski definition) is 3. The molecule has 0 spiro atoms. The molecule has 0 amide bonds. The second-order valence-electron chi connectivity index (χ2n) is 8.57. The molecule has 1 aliphatic heterocycles. The maximum Gasteiger partial charge on any atom is 0.169 e. The van der Waals surface area contributed by atoms with Gasteiger partial charge in [0.05, 0.1) is 6.10 Å². The third kappa shape index (κ3) is 6.63. The third-order valence-corrected chi connectivity index (χ3v) is 6.37. The van der Waals surface area contributed by atoms with Crippen molar-refractivity contribution in [2.45, 2.75) is 76.5 Å². The molecule has 1 aliphatic carbocycles. The molecule has 1 N–H and O–H groups in total. The molecule has 1 aromatic carbocycles. The second kappa shape index (κ2) is 11.0. The van der Waals surface area contributed by atoms with Gasteiger partial charge in [0, 0.05) is 45.5 Å². The Bertz CT molecular complexity index is 590. The first-order valence-corrected chi connectivity index (χ1v) is 11.5. The molecule has 156 valence electrons. The summed E-state index contributed by atoms with van der Waals surface area (Å²) in [6.45, 7) is 2.61. The Morgan fingerprint density at radius 2 is 1.68 bits per heavy atom. The highest BCUT2D eigenvalue weighted by atomic mass is 32.1. The van der Waals surface area contributed by atoms with E-state index in [2.05, 4.69) is 53.5 Å². The summed E-state index contributed by atoms with van der Waals surface area (Å²) in [6.07, 6.45) is 11.9. The number of nitrogens with zero attached hydrogens (tertiary/aromatic N) is 2. The SMILES string of the molecule is CN(C)c1ccc(CN(CC2CCCO2)C(=S)NC2CCCCCCC2)cc1. The Kier molecular flexibility index (Phi) is 8.41. The highest BCUT2D eigenvalue weighted by Crippen LogP contribution is 2.20. The van der Waals surface area contributed by atoms with E-state index >= 15 is 0 Å². The van der Waals surface area contributed by atoms with Gasteiger partial charge in [-0.1, -0.05) is 44.2 Å². The first kappa shape index (κ1) is 21.4. The highest BCUT2D eigenvalue weighted by molar-refractivity contribution is 7.80. The molecule has 0 aromatic heterocycles. The zero-order chi connectivity index (χ0) is 19.8. The number of hydrogen-bond donors (Lipinski definition) is 1. The molecule has 4 nitrogen and oxygen atoms in total. The quantitative estimate of drug-likeness (QED) is 0.694. The van der Waals surface area contributed by atoms with E-state index in [9.17, 15) is 0 Å². The van der Waals surface area contributed by atoms with Crippen molar-refractivity contribution in [1.82, 2.24) is 10.2 Å². The molecule has 1 heterocycles. The average molecular weight is 404 g/mol. The van der Waals surface area contributed by atoms with E-state index in [1.54, 1.807) is 0 Å². The summed E-state index contributed by atoms with van der Waals surface area (Å²) in [5, 5.41) is 4.60. The van der Waals surface area contributed by atoms with Gasteiger partial charge in [-0.15, -0.1) is 0 Å². The summed E-state index contributed by atoms with van der Waals surface area (Å²) in [5.74, 6) is 0. The van der Waals surface area contributed by atoms with Crippen molar-refractivity contribution in [3.8, 4) is 0 Å². The largest absolute Gasteiger partial charge is 0.378 e. The van der Waals surface area contributed by atoms with Crippen molar-refractivity contribution in [2.24, 2.45) is 0 Å². The maximum absolute atomic E-state index is 5.91. The average Bonchev–Trinajstić information content (AvgIpc) is 3.17. The van der Waals surface area contributed by atoms with E-state index in [0.717, 1.165) is 31.2 Å². The summed E-state index contributed by atoms with van der Waals surface area (Å²) < 4.78 is 5.91. The lowest BCUT2D eigenvalue weighted by molar-refractivity contribution is 0.0895. The van der Waals surface area contributed by atoms with E-state index in [0.29, 0.717) is 12.1 Å². The fraction of sp³-hybridized carbons (Fsp3) is 0.696. The number of thiocarbonyl (C=S) groups is 1. The predicted octanol–water partition coefficient (Wildman–Crippen LogP) is 4.72. The molecular formula is C23H37N3OS. The fourth-order valence-corrected chi connectivity index (χ4v) is 4.55. The topological polar surface area (TPSA) is 27.7 Å². The van der Waals surface area contributed by atoms with Crippen LogP contribution in [0.4, 0.5) is 5.69 Å². The van der Waals surface area contributed by atoms with Crippen molar-refractivity contribution >= 4 is 23.0 Å². The van der Waals surface area contributed by atoms with Crippen molar-refractivity contribution in [1.29, 1.82) is 0 Å². The molecule has 3 rings (SSSR count). The van der Waals surface area contributed by atoms with Crippen LogP contribution in [0.5, 0.6) is 0 Å². The van der Waals surface area contributed by atoms with Gasteiger partial charge in [0.1, 0.15) is 0 Å².